The standard InChI is InChI=1S/C25H23N3O3S2/c29-24(18-12-14-19(15-13-18)33(30,31)28-16-6-1-7-17-28)26-21-9-3-2-8-20(21)25-27-22-10-4-5-11-23(22)32-25/h2-5,8-15H,1,6-7,16-17H2,(H,26,29). The maximum atomic E-state index is 12.9. The van der Waals surface area contributed by atoms with Crippen molar-refractivity contribution in [3.8, 4) is 10.6 Å². The van der Waals surface area contributed by atoms with Crippen LogP contribution in [0.1, 0.15) is 29.6 Å². The predicted octanol–water partition coefficient (Wildman–Crippen LogP) is 5.39. The Hall–Kier alpha value is -3.07. The van der Waals surface area contributed by atoms with E-state index >= 15 is 0 Å². The van der Waals surface area contributed by atoms with Crippen molar-refractivity contribution < 1.29 is 13.2 Å². The van der Waals surface area contributed by atoms with Crippen LogP contribution in [-0.4, -0.2) is 36.7 Å². The van der Waals surface area contributed by atoms with Gasteiger partial charge in [-0.25, -0.2) is 13.4 Å². The minimum absolute atomic E-state index is 0.218. The monoisotopic (exact) mass is 477 g/mol. The average molecular weight is 478 g/mol. The van der Waals surface area contributed by atoms with Crippen LogP contribution in [-0.2, 0) is 10.0 Å². The summed E-state index contributed by atoms with van der Waals surface area (Å²) in [6, 6.07) is 21.6. The van der Waals surface area contributed by atoms with Crippen LogP contribution in [0.2, 0.25) is 0 Å². The van der Waals surface area contributed by atoms with Crippen molar-refractivity contribution in [2.24, 2.45) is 0 Å². The highest BCUT2D eigenvalue weighted by Gasteiger charge is 2.26. The molecule has 0 radical (unpaired) electrons. The zero-order valence-electron chi connectivity index (χ0n) is 17.9. The summed E-state index contributed by atoms with van der Waals surface area (Å²) in [7, 11) is -3.52. The van der Waals surface area contributed by atoms with Crippen LogP contribution < -0.4 is 5.32 Å². The van der Waals surface area contributed by atoms with Gasteiger partial charge in [-0.05, 0) is 61.4 Å². The highest BCUT2D eigenvalue weighted by Crippen LogP contribution is 2.34. The van der Waals surface area contributed by atoms with Gasteiger partial charge in [0.25, 0.3) is 5.91 Å². The molecule has 168 valence electrons. The Morgan fingerprint density at radius 3 is 2.33 bits per heavy atom. The SMILES string of the molecule is O=C(Nc1ccccc1-c1nc2ccccc2s1)c1ccc(S(=O)(=O)N2CCCCC2)cc1. The molecule has 0 aliphatic carbocycles. The average Bonchev–Trinajstić information content (AvgIpc) is 3.29. The minimum atomic E-state index is -3.52. The number of nitrogens with zero attached hydrogens (tertiary/aromatic N) is 2. The lowest BCUT2D eigenvalue weighted by atomic mass is 10.1. The number of hydrogen-bond donors (Lipinski definition) is 1. The van der Waals surface area contributed by atoms with Gasteiger partial charge in [-0.1, -0.05) is 30.7 Å². The van der Waals surface area contributed by atoms with E-state index in [-0.39, 0.29) is 10.8 Å². The second-order valence-electron chi connectivity index (χ2n) is 7.98. The number of hydrogen-bond acceptors (Lipinski definition) is 5. The van der Waals surface area contributed by atoms with Crippen LogP contribution in [0.5, 0.6) is 0 Å². The summed E-state index contributed by atoms with van der Waals surface area (Å²) in [4.78, 5) is 17.9. The molecule has 1 aliphatic heterocycles. The molecule has 0 atom stereocenters. The lowest BCUT2D eigenvalue weighted by molar-refractivity contribution is 0.102. The third-order valence-electron chi connectivity index (χ3n) is 5.77. The Morgan fingerprint density at radius 1 is 0.879 bits per heavy atom. The first kappa shape index (κ1) is 21.8. The number of piperidine rings is 1. The van der Waals surface area contributed by atoms with Crippen LogP contribution in [0.4, 0.5) is 5.69 Å². The lowest BCUT2D eigenvalue weighted by Gasteiger charge is -2.25. The molecule has 1 aromatic heterocycles. The summed E-state index contributed by atoms with van der Waals surface area (Å²) in [6.45, 7) is 1.10. The Bertz CT molecular complexity index is 1370. The fourth-order valence-corrected chi connectivity index (χ4v) is 6.52. The molecule has 1 amide bonds. The van der Waals surface area contributed by atoms with E-state index in [1.807, 2.05) is 48.5 Å². The number of amides is 1. The number of para-hydroxylation sites is 2. The molecule has 1 saturated heterocycles. The molecule has 0 bridgehead atoms. The van der Waals surface area contributed by atoms with Gasteiger partial charge in [0.05, 0.1) is 20.8 Å². The number of rotatable bonds is 5. The van der Waals surface area contributed by atoms with Gasteiger partial charge in [0.2, 0.25) is 10.0 Å². The quantitative estimate of drug-likeness (QED) is 0.418. The fraction of sp³-hybridized carbons (Fsp3) is 0.200. The van der Waals surface area contributed by atoms with Gasteiger partial charge in [-0.2, -0.15) is 4.31 Å². The molecule has 8 heteroatoms. The van der Waals surface area contributed by atoms with Crippen LogP contribution >= 0.6 is 11.3 Å². The van der Waals surface area contributed by atoms with Gasteiger partial charge in [0.1, 0.15) is 5.01 Å². The Balaban J connectivity index is 1.37. The van der Waals surface area contributed by atoms with E-state index in [9.17, 15) is 13.2 Å². The first-order valence-electron chi connectivity index (χ1n) is 10.9. The van der Waals surface area contributed by atoms with Crippen molar-refractivity contribution in [3.05, 3.63) is 78.4 Å². The molecule has 0 spiro atoms. The molecule has 3 aromatic carbocycles. The fourth-order valence-electron chi connectivity index (χ4n) is 3.99. The predicted molar refractivity (Wildman–Crippen MR) is 132 cm³/mol. The zero-order chi connectivity index (χ0) is 22.8. The summed E-state index contributed by atoms with van der Waals surface area (Å²) in [6.07, 6.45) is 2.82. The third-order valence-corrected chi connectivity index (χ3v) is 8.75. The Morgan fingerprint density at radius 2 is 1.58 bits per heavy atom. The van der Waals surface area contributed by atoms with E-state index in [4.69, 9.17) is 4.98 Å². The number of nitrogens with one attached hydrogen (secondary N) is 1. The van der Waals surface area contributed by atoms with Crippen molar-refractivity contribution in [3.63, 3.8) is 0 Å². The number of fused-ring (bicyclic) bond motifs is 1. The highest BCUT2D eigenvalue weighted by atomic mass is 32.2. The molecular weight excluding hydrogens is 454 g/mol. The number of thiazole rings is 1. The van der Waals surface area contributed by atoms with Crippen LogP contribution in [0.25, 0.3) is 20.8 Å². The summed E-state index contributed by atoms with van der Waals surface area (Å²) in [5.74, 6) is -0.300. The van der Waals surface area contributed by atoms with Gasteiger partial charge >= 0.3 is 0 Å². The van der Waals surface area contributed by atoms with Gasteiger partial charge in [0.15, 0.2) is 0 Å². The maximum Gasteiger partial charge on any atom is 0.255 e. The van der Waals surface area contributed by atoms with Gasteiger partial charge in [-0.15, -0.1) is 11.3 Å². The van der Waals surface area contributed by atoms with Crippen molar-refractivity contribution in [1.29, 1.82) is 0 Å². The minimum Gasteiger partial charge on any atom is -0.321 e. The highest BCUT2D eigenvalue weighted by molar-refractivity contribution is 7.89. The molecule has 33 heavy (non-hydrogen) atoms. The number of carbonyl (C=O) groups is 1. The summed E-state index contributed by atoms with van der Waals surface area (Å²) in [5.41, 5.74) is 2.82. The van der Waals surface area contributed by atoms with Crippen LogP contribution in [0.3, 0.4) is 0 Å². The van der Waals surface area contributed by atoms with E-state index in [0.29, 0.717) is 24.3 Å². The molecule has 4 aromatic rings. The molecule has 1 N–H and O–H groups in total. The largest absolute Gasteiger partial charge is 0.321 e. The van der Waals surface area contributed by atoms with Gasteiger partial charge < -0.3 is 5.32 Å². The molecule has 1 aliphatic rings. The number of anilines is 1. The van der Waals surface area contributed by atoms with E-state index in [2.05, 4.69) is 5.32 Å². The van der Waals surface area contributed by atoms with E-state index in [1.165, 1.54) is 16.4 Å². The first-order valence-corrected chi connectivity index (χ1v) is 13.1. The number of sulfonamides is 1. The smallest absolute Gasteiger partial charge is 0.255 e. The number of carbonyl (C=O) groups excluding carboxylic acids is 1. The maximum absolute atomic E-state index is 12.9. The molecule has 2 heterocycles. The van der Waals surface area contributed by atoms with Crippen molar-refractivity contribution >= 4 is 43.2 Å². The van der Waals surface area contributed by atoms with E-state index < -0.39 is 10.0 Å². The summed E-state index contributed by atoms with van der Waals surface area (Å²) in [5, 5.41) is 3.79. The topological polar surface area (TPSA) is 79.4 Å². The summed E-state index contributed by atoms with van der Waals surface area (Å²) >= 11 is 1.57. The van der Waals surface area contributed by atoms with Crippen LogP contribution in [0.15, 0.2) is 77.7 Å². The van der Waals surface area contributed by atoms with Crippen molar-refractivity contribution in [1.82, 2.24) is 9.29 Å². The zero-order valence-corrected chi connectivity index (χ0v) is 19.5. The molecule has 0 saturated carbocycles. The first-order chi connectivity index (χ1) is 16.0. The molecular formula is C25H23N3O3S2. The molecule has 5 rings (SSSR count). The molecule has 6 nitrogen and oxygen atoms in total. The normalized spacial score (nSPS) is 14.9. The third kappa shape index (κ3) is 4.42. The Labute approximate surface area is 197 Å². The van der Waals surface area contributed by atoms with E-state index in [0.717, 1.165) is 40.1 Å². The van der Waals surface area contributed by atoms with Crippen LogP contribution in [0, 0.1) is 0 Å². The second-order valence-corrected chi connectivity index (χ2v) is 10.9. The lowest BCUT2D eigenvalue weighted by Crippen LogP contribution is -2.35. The number of aromatic nitrogens is 1. The molecule has 1 fully saturated rings. The van der Waals surface area contributed by atoms with Crippen molar-refractivity contribution in [2.45, 2.75) is 24.2 Å². The molecule has 0 unspecified atom stereocenters. The van der Waals surface area contributed by atoms with E-state index in [1.54, 1.807) is 23.5 Å². The number of benzene rings is 3. The van der Waals surface area contributed by atoms with Gasteiger partial charge in [0, 0.05) is 24.2 Å². The van der Waals surface area contributed by atoms with Gasteiger partial charge in [-0.3, -0.25) is 4.79 Å². The Kier molecular flexibility index (Phi) is 5.97. The summed E-state index contributed by atoms with van der Waals surface area (Å²) < 4.78 is 28.3. The van der Waals surface area contributed by atoms with Crippen molar-refractivity contribution in [2.75, 3.05) is 18.4 Å². The second kappa shape index (κ2) is 9.05.